The number of hydrogen-bond donors (Lipinski definition) is 0. The van der Waals surface area contributed by atoms with Gasteiger partial charge in [-0.25, -0.2) is 0 Å². The van der Waals surface area contributed by atoms with Crippen LogP contribution in [0.5, 0.6) is 0 Å². The molecule has 4 aromatic rings. The number of hydrogen-bond acceptors (Lipinski definition) is 0. The van der Waals surface area contributed by atoms with Gasteiger partial charge in [0.2, 0.25) is 0 Å². The molecule has 0 heterocycles. The minimum Gasteiger partial charge on any atom is -0.0733 e. The van der Waals surface area contributed by atoms with E-state index in [1.807, 2.05) is 0 Å². The monoisotopic (exact) mass is 580 g/mol. The predicted molar refractivity (Wildman–Crippen MR) is 159 cm³/mol. The zero-order chi connectivity index (χ0) is 23.3. The minimum absolute atomic E-state index is 0.101. The smallest absolute Gasteiger partial charge is 0.0482 e. The zero-order valence-corrected chi connectivity index (χ0v) is 23.5. The third kappa shape index (κ3) is 5.94. The molecule has 0 nitrogen and oxygen atoms in total. The Hall–Kier alpha value is -1.53. The molecular formula is C30H31IP2. The van der Waals surface area contributed by atoms with Gasteiger partial charge in [0, 0.05) is 3.16 Å². The van der Waals surface area contributed by atoms with Gasteiger partial charge in [-0.05, 0) is 55.6 Å². The zero-order valence-electron chi connectivity index (χ0n) is 19.5. The Labute approximate surface area is 215 Å². The second-order valence-corrected chi connectivity index (χ2v) is 18.0. The maximum atomic E-state index is 2.78. The van der Waals surface area contributed by atoms with Crippen molar-refractivity contribution >= 4 is 59.7 Å². The summed E-state index contributed by atoms with van der Waals surface area (Å²) in [6.07, 6.45) is 1.13. The van der Waals surface area contributed by atoms with Crippen LogP contribution in [0, 0.1) is 0 Å². The lowest BCUT2D eigenvalue weighted by Crippen LogP contribution is -2.37. The first-order chi connectivity index (χ1) is 15.9. The van der Waals surface area contributed by atoms with Crippen molar-refractivity contribution in [3.8, 4) is 0 Å². The molecule has 4 aromatic carbocycles. The van der Waals surface area contributed by atoms with E-state index in [4.69, 9.17) is 0 Å². The normalized spacial score (nSPS) is 13.8. The highest BCUT2D eigenvalue weighted by Crippen LogP contribution is 2.61. The second kappa shape index (κ2) is 10.8. The lowest BCUT2D eigenvalue weighted by molar-refractivity contribution is 0.616. The number of alkyl halides is 1. The Morgan fingerprint density at radius 1 is 0.485 bits per heavy atom. The maximum absolute atomic E-state index is 2.78. The summed E-state index contributed by atoms with van der Waals surface area (Å²) in [5.74, 6) is 0. The van der Waals surface area contributed by atoms with Crippen LogP contribution in [-0.4, -0.2) is 8.32 Å². The van der Waals surface area contributed by atoms with Gasteiger partial charge in [-0.3, -0.25) is 0 Å². The van der Waals surface area contributed by atoms with Crippen LogP contribution in [-0.2, 0) is 0 Å². The van der Waals surface area contributed by atoms with Crippen molar-refractivity contribution in [3.63, 3.8) is 0 Å². The van der Waals surface area contributed by atoms with Crippen molar-refractivity contribution in [2.45, 2.75) is 35.5 Å². The van der Waals surface area contributed by atoms with Crippen LogP contribution < -0.4 is 21.2 Å². The highest BCUT2D eigenvalue weighted by Gasteiger charge is 2.42. The van der Waals surface area contributed by atoms with Crippen LogP contribution >= 0.6 is 38.4 Å². The molecule has 0 saturated carbocycles. The molecule has 0 spiro atoms. The van der Waals surface area contributed by atoms with Crippen LogP contribution in [0.1, 0.15) is 27.2 Å². The largest absolute Gasteiger partial charge is 0.0733 e. The third-order valence-electron chi connectivity index (χ3n) is 5.88. The van der Waals surface area contributed by atoms with Crippen LogP contribution in [0.3, 0.4) is 0 Å². The van der Waals surface area contributed by atoms with Gasteiger partial charge in [0.05, 0.1) is 0 Å². The van der Waals surface area contributed by atoms with Crippen molar-refractivity contribution in [1.82, 2.24) is 0 Å². The van der Waals surface area contributed by atoms with Gasteiger partial charge in [-0.2, -0.15) is 0 Å². The molecule has 33 heavy (non-hydrogen) atoms. The summed E-state index contributed by atoms with van der Waals surface area (Å²) in [6, 6.07) is 44.6. The summed E-state index contributed by atoms with van der Waals surface area (Å²) in [6.45, 7) is 7.45. The first-order valence-electron chi connectivity index (χ1n) is 11.4. The van der Waals surface area contributed by atoms with Crippen LogP contribution in [0.25, 0.3) is 0 Å². The fourth-order valence-electron chi connectivity index (χ4n) is 4.79. The van der Waals surface area contributed by atoms with E-state index < -0.39 is 15.8 Å². The summed E-state index contributed by atoms with van der Waals surface area (Å²) in [4.78, 5) is 0. The molecule has 0 aromatic heterocycles. The molecule has 1 atom stereocenters. The molecule has 0 bridgehead atoms. The molecule has 0 aliphatic heterocycles. The highest BCUT2D eigenvalue weighted by molar-refractivity contribution is 14.1. The van der Waals surface area contributed by atoms with E-state index in [0.717, 1.165) is 6.42 Å². The van der Waals surface area contributed by atoms with Crippen molar-refractivity contribution in [3.05, 3.63) is 121 Å². The van der Waals surface area contributed by atoms with Gasteiger partial charge < -0.3 is 0 Å². The molecule has 0 N–H and O–H groups in total. The Morgan fingerprint density at radius 3 is 1.06 bits per heavy atom. The molecule has 0 aliphatic rings. The van der Waals surface area contributed by atoms with E-state index >= 15 is 0 Å². The second-order valence-electron chi connectivity index (χ2n) is 9.14. The van der Waals surface area contributed by atoms with Gasteiger partial charge >= 0.3 is 0 Å². The summed E-state index contributed by atoms with van der Waals surface area (Å²) < 4.78 is 0.101. The first-order valence-corrected chi connectivity index (χ1v) is 15.1. The van der Waals surface area contributed by atoms with E-state index in [9.17, 15) is 0 Å². The average molecular weight is 580 g/mol. The van der Waals surface area contributed by atoms with Crippen LogP contribution in [0.4, 0.5) is 0 Å². The lowest BCUT2D eigenvalue weighted by Gasteiger charge is -2.44. The molecule has 0 amide bonds. The van der Waals surface area contributed by atoms with Gasteiger partial charge in [-0.15, -0.1) is 0 Å². The van der Waals surface area contributed by atoms with E-state index in [0.29, 0.717) is 0 Å². The topological polar surface area (TPSA) is 0 Å². The molecule has 0 saturated heterocycles. The highest BCUT2D eigenvalue weighted by atomic mass is 127. The fourth-order valence-corrected chi connectivity index (χ4v) is 13.8. The van der Waals surface area contributed by atoms with Crippen LogP contribution in [0.2, 0.25) is 0 Å². The number of benzene rings is 4. The number of halogens is 1. The van der Waals surface area contributed by atoms with E-state index in [1.165, 1.54) is 21.2 Å². The third-order valence-corrected chi connectivity index (χ3v) is 13.4. The van der Waals surface area contributed by atoms with Crippen molar-refractivity contribution < 1.29 is 0 Å². The van der Waals surface area contributed by atoms with Crippen molar-refractivity contribution in [2.24, 2.45) is 0 Å². The molecule has 0 radical (unpaired) electrons. The van der Waals surface area contributed by atoms with Gasteiger partial charge in [0.25, 0.3) is 0 Å². The van der Waals surface area contributed by atoms with E-state index in [1.54, 1.807) is 0 Å². The SMILES string of the molecule is CC(C)(CC(C)(I)P(c1ccccc1)c1ccccc1)P(c1ccccc1)c1ccccc1. The van der Waals surface area contributed by atoms with Crippen molar-refractivity contribution in [1.29, 1.82) is 0 Å². The molecule has 3 heteroatoms. The summed E-state index contributed by atoms with van der Waals surface area (Å²) >= 11 is 2.78. The molecule has 0 aliphatic carbocycles. The standard InChI is InChI=1S/C30H31IP2/c1-29(2,32(25-16-8-4-9-17-25)26-18-10-5-11-19-26)24-30(3,31)33(27-20-12-6-13-21-27)28-22-14-7-15-23-28/h4-23H,24H2,1-3H3. The Morgan fingerprint density at radius 2 is 0.758 bits per heavy atom. The molecular weight excluding hydrogens is 549 g/mol. The summed E-state index contributed by atoms with van der Waals surface area (Å²) in [7, 11) is -1.04. The Balaban J connectivity index is 1.76. The first kappa shape index (κ1) is 24.6. The predicted octanol–water partition coefficient (Wildman–Crippen LogP) is 7.57. The Kier molecular flexibility index (Phi) is 8.06. The number of rotatable bonds is 8. The van der Waals surface area contributed by atoms with E-state index in [2.05, 4.69) is 165 Å². The molecule has 0 fully saturated rings. The molecule has 168 valence electrons. The van der Waals surface area contributed by atoms with Gasteiger partial charge in [-0.1, -0.05) is 158 Å². The Bertz CT molecular complexity index is 955. The van der Waals surface area contributed by atoms with Crippen molar-refractivity contribution in [2.75, 3.05) is 0 Å². The summed E-state index contributed by atoms with van der Waals surface area (Å²) in [5.41, 5.74) is 0. The fraction of sp³-hybridized carbons (Fsp3) is 0.200. The quantitative estimate of drug-likeness (QED) is 0.115. The van der Waals surface area contributed by atoms with Gasteiger partial charge in [0.15, 0.2) is 0 Å². The average Bonchev–Trinajstić information content (AvgIpc) is 2.81. The summed E-state index contributed by atoms with van der Waals surface area (Å²) in [5, 5.41) is 5.95. The molecule has 1 unspecified atom stereocenters. The van der Waals surface area contributed by atoms with E-state index in [-0.39, 0.29) is 8.32 Å². The maximum Gasteiger partial charge on any atom is 0.0482 e. The lowest BCUT2D eigenvalue weighted by atomic mass is 10.1. The van der Waals surface area contributed by atoms with Gasteiger partial charge in [0.1, 0.15) is 0 Å². The molecule has 4 rings (SSSR count). The van der Waals surface area contributed by atoms with Crippen LogP contribution in [0.15, 0.2) is 121 Å². The minimum atomic E-state index is -0.524.